The van der Waals surface area contributed by atoms with E-state index in [2.05, 4.69) is 4.98 Å². The van der Waals surface area contributed by atoms with Crippen LogP contribution >= 0.6 is 0 Å². The first-order chi connectivity index (χ1) is 13.1. The monoisotopic (exact) mass is 386 g/mol. The van der Waals surface area contributed by atoms with Crippen LogP contribution in [0.15, 0.2) is 59.8 Å². The minimum absolute atomic E-state index is 0.0308. The first kappa shape index (κ1) is 18.6. The summed E-state index contributed by atoms with van der Waals surface area (Å²) in [7, 11) is -3.63. The van der Waals surface area contributed by atoms with Gasteiger partial charge in [0.2, 0.25) is 10.0 Å². The molecule has 2 fully saturated rings. The van der Waals surface area contributed by atoms with Crippen LogP contribution < -0.4 is 0 Å². The molecule has 0 spiro atoms. The van der Waals surface area contributed by atoms with Crippen LogP contribution in [0.1, 0.15) is 37.7 Å². The summed E-state index contributed by atoms with van der Waals surface area (Å²) >= 11 is 0. The number of aliphatic hydroxyl groups is 1. The molecule has 6 heteroatoms. The highest BCUT2D eigenvalue weighted by molar-refractivity contribution is 7.89. The number of hydrogen-bond donors (Lipinski definition) is 1. The van der Waals surface area contributed by atoms with Gasteiger partial charge in [0, 0.05) is 30.9 Å². The van der Waals surface area contributed by atoms with E-state index in [1.165, 1.54) is 12.8 Å². The van der Waals surface area contributed by atoms with Crippen LogP contribution in [0.2, 0.25) is 0 Å². The summed E-state index contributed by atoms with van der Waals surface area (Å²) in [5.74, 6) is 0.350. The van der Waals surface area contributed by atoms with Gasteiger partial charge in [0.15, 0.2) is 0 Å². The summed E-state index contributed by atoms with van der Waals surface area (Å²) in [6.45, 7) is 0.281. The van der Waals surface area contributed by atoms with Gasteiger partial charge in [-0.05, 0) is 48.9 Å². The molecule has 0 radical (unpaired) electrons. The molecule has 5 nitrogen and oxygen atoms in total. The maximum Gasteiger partial charge on any atom is 0.243 e. The molecule has 1 aromatic heterocycles. The minimum Gasteiger partial charge on any atom is -0.392 e. The van der Waals surface area contributed by atoms with Crippen molar-refractivity contribution in [2.45, 2.75) is 55.7 Å². The summed E-state index contributed by atoms with van der Waals surface area (Å²) < 4.78 is 28.2. The Balaban J connectivity index is 1.59. The van der Waals surface area contributed by atoms with Crippen LogP contribution in [0.25, 0.3) is 0 Å². The molecule has 144 valence electrons. The van der Waals surface area contributed by atoms with Crippen LogP contribution in [0.5, 0.6) is 0 Å². The first-order valence-electron chi connectivity index (χ1n) is 9.71. The number of pyridine rings is 1. The Labute approximate surface area is 161 Å². The van der Waals surface area contributed by atoms with Crippen molar-refractivity contribution in [3.63, 3.8) is 0 Å². The van der Waals surface area contributed by atoms with E-state index in [9.17, 15) is 13.5 Å². The number of aliphatic hydroxyl groups excluding tert-OH is 1. The molecule has 1 N–H and O–H groups in total. The van der Waals surface area contributed by atoms with Gasteiger partial charge in [0.05, 0.1) is 11.0 Å². The molecule has 3 unspecified atom stereocenters. The average molecular weight is 387 g/mol. The van der Waals surface area contributed by atoms with Gasteiger partial charge >= 0.3 is 0 Å². The summed E-state index contributed by atoms with van der Waals surface area (Å²) in [5, 5.41) is 10.8. The van der Waals surface area contributed by atoms with Crippen molar-refractivity contribution < 1.29 is 13.5 Å². The molecule has 2 aliphatic carbocycles. The van der Waals surface area contributed by atoms with Gasteiger partial charge < -0.3 is 5.11 Å². The molecule has 0 aliphatic heterocycles. The topological polar surface area (TPSA) is 70.5 Å². The van der Waals surface area contributed by atoms with E-state index in [1.807, 2.05) is 18.2 Å². The molecule has 27 heavy (non-hydrogen) atoms. The van der Waals surface area contributed by atoms with Crippen molar-refractivity contribution in [3.05, 3.63) is 60.4 Å². The van der Waals surface area contributed by atoms with Crippen molar-refractivity contribution in [2.75, 3.05) is 0 Å². The zero-order valence-electron chi connectivity index (χ0n) is 15.3. The standard InChI is InChI=1S/C21H26N2O3S/c24-21(17-8-4-5-9-17)19-13-20(19)23(15-16-7-6-12-22-14-16)27(25,26)18-10-2-1-3-11-18/h1-3,6-7,10-12,14,17,19-21,24H,4-5,8-9,13,15H2. The van der Waals surface area contributed by atoms with E-state index in [0.29, 0.717) is 10.8 Å². The molecule has 2 aliphatic rings. The van der Waals surface area contributed by atoms with E-state index in [0.717, 1.165) is 24.8 Å². The van der Waals surface area contributed by atoms with Gasteiger partial charge in [-0.2, -0.15) is 4.31 Å². The fourth-order valence-electron chi connectivity index (χ4n) is 4.33. The molecular weight excluding hydrogens is 360 g/mol. The average Bonchev–Trinajstić information content (AvgIpc) is 3.29. The van der Waals surface area contributed by atoms with E-state index in [1.54, 1.807) is 41.0 Å². The predicted octanol–water partition coefficient (Wildman–Crippen LogP) is 3.21. The fourth-order valence-corrected chi connectivity index (χ4v) is 6.02. The lowest BCUT2D eigenvalue weighted by molar-refractivity contribution is 0.0819. The van der Waals surface area contributed by atoms with Crippen LogP contribution in [0, 0.1) is 11.8 Å². The van der Waals surface area contributed by atoms with Gasteiger partial charge in [-0.3, -0.25) is 4.98 Å². The molecule has 0 saturated heterocycles. The van der Waals surface area contributed by atoms with Gasteiger partial charge in [0.25, 0.3) is 0 Å². The number of benzene rings is 1. The number of sulfonamides is 1. The van der Waals surface area contributed by atoms with Crippen molar-refractivity contribution in [1.82, 2.24) is 9.29 Å². The largest absolute Gasteiger partial charge is 0.392 e. The Hall–Kier alpha value is -1.76. The molecule has 3 atom stereocenters. The molecule has 2 aromatic rings. The maximum absolute atomic E-state index is 13.3. The molecule has 1 heterocycles. The highest BCUT2D eigenvalue weighted by Gasteiger charge is 2.52. The minimum atomic E-state index is -3.63. The Bertz CT molecular complexity index is 852. The summed E-state index contributed by atoms with van der Waals surface area (Å²) in [6, 6.07) is 12.1. The molecule has 1 aromatic carbocycles. The second-order valence-corrected chi connectivity index (χ2v) is 9.62. The van der Waals surface area contributed by atoms with Gasteiger partial charge in [-0.25, -0.2) is 8.42 Å². The normalized spacial score (nSPS) is 24.2. The lowest BCUT2D eigenvalue weighted by atomic mass is 9.97. The smallest absolute Gasteiger partial charge is 0.243 e. The van der Waals surface area contributed by atoms with Crippen molar-refractivity contribution in [1.29, 1.82) is 0 Å². The quantitative estimate of drug-likeness (QED) is 0.793. The third-order valence-corrected chi connectivity index (χ3v) is 7.79. The van der Waals surface area contributed by atoms with Crippen molar-refractivity contribution >= 4 is 10.0 Å². The zero-order valence-corrected chi connectivity index (χ0v) is 16.1. The fraction of sp³-hybridized carbons (Fsp3) is 0.476. The van der Waals surface area contributed by atoms with E-state index >= 15 is 0 Å². The number of rotatable bonds is 7. The number of hydrogen-bond acceptors (Lipinski definition) is 4. The second kappa shape index (κ2) is 7.70. The lowest BCUT2D eigenvalue weighted by Crippen LogP contribution is -2.36. The first-order valence-corrected chi connectivity index (χ1v) is 11.2. The van der Waals surface area contributed by atoms with Gasteiger partial charge in [-0.1, -0.05) is 37.1 Å². The highest BCUT2D eigenvalue weighted by Crippen LogP contribution is 2.46. The summed E-state index contributed by atoms with van der Waals surface area (Å²) in [5.41, 5.74) is 0.859. The zero-order chi connectivity index (χ0) is 18.9. The third kappa shape index (κ3) is 3.93. The van der Waals surface area contributed by atoms with Crippen LogP contribution in [-0.4, -0.2) is 35.0 Å². The number of nitrogens with zero attached hydrogens (tertiary/aromatic N) is 2. The third-order valence-electron chi connectivity index (χ3n) is 5.91. The van der Waals surface area contributed by atoms with Crippen LogP contribution in [-0.2, 0) is 16.6 Å². The molecular formula is C21H26N2O3S. The van der Waals surface area contributed by atoms with Gasteiger partial charge in [0.1, 0.15) is 0 Å². The SMILES string of the molecule is O=S(=O)(c1ccccc1)N(Cc1cccnc1)C1CC1C(O)C1CCCC1. The van der Waals surface area contributed by atoms with Gasteiger partial charge in [-0.15, -0.1) is 0 Å². The molecule has 4 rings (SSSR count). The Morgan fingerprint density at radius 3 is 2.52 bits per heavy atom. The molecule has 2 saturated carbocycles. The van der Waals surface area contributed by atoms with E-state index in [-0.39, 0.29) is 18.5 Å². The van der Waals surface area contributed by atoms with Crippen molar-refractivity contribution in [3.8, 4) is 0 Å². The Morgan fingerprint density at radius 1 is 1.11 bits per heavy atom. The highest BCUT2D eigenvalue weighted by atomic mass is 32.2. The second-order valence-electron chi connectivity index (χ2n) is 7.73. The Morgan fingerprint density at radius 2 is 1.85 bits per heavy atom. The van der Waals surface area contributed by atoms with Crippen LogP contribution in [0.4, 0.5) is 0 Å². The molecule has 0 bridgehead atoms. The Kier molecular flexibility index (Phi) is 5.30. The maximum atomic E-state index is 13.3. The summed E-state index contributed by atoms with van der Waals surface area (Å²) in [4.78, 5) is 4.42. The number of aromatic nitrogens is 1. The van der Waals surface area contributed by atoms with Crippen LogP contribution in [0.3, 0.4) is 0 Å². The van der Waals surface area contributed by atoms with E-state index < -0.39 is 16.1 Å². The predicted molar refractivity (Wildman–Crippen MR) is 103 cm³/mol. The van der Waals surface area contributed by atoms with E-state index in [4.69, 9.17) is 0 Å². The van der Waals surface area contributed by atoms with Crippen molar-refractivity contribution in [2.24, 2.45) is 11.8 Å². The lowest BCUT2D eigenvalue weighted by Gasteiger charge is -2.25. The summed E-state index contributed by atoms with van der Waals surface area (Å²) in [6.07, 6.45) is 8.16. The molecule has 0 amide bonds.